The normalized spacial score (nSPS) is 11.1. The Hall–Kier alpha value is -2.47. The molecule has 1 aromatic carbocycles. The maximum absolute atomic E-state index is 12.4. The number of nitrogens with one attached hydrogen (secondary N) is 1. The topological polar surface area (TPSA) is 59.8 Å². The second-order valence-electron chi connectivity index (χ2n) is 6.52. The van der Waals surface area contributed by atoms with E-state index in [-0.39, 0.29) is 11.9 Å². The Balaban J connectivity index is 1.79. The Labute approximate surface area is 151 Å². The minimum atomic E-state index is -0.232. The standard InChI is InChI=1S/C19H22N4OS/c1-11(2)23-14(5)9-16(22-23)18(24)21-19-20-17(10-25-19)15-7-6-12(3)8-13(15)4/h6-11H,1-5H3,(H,20,21,24). The number of aromatic nitrogens is 3. The van der Waals surface area contributed by atoms with Gasteiger partial charge in [-0.15, -0.1) is 11.3 Å². The van der Waals surface area contributed by atoms with Crippen LogP contribution >= 0.6 is 11.3 Å². The largest absolute Gasteiger partial charge is 0.296 e. The summed E-state index contributed by atoms with van der Waals surface area (Å²) in [4.78, 5) is 17.0. The van der Waals surface area contributed by atoms with Crippen molar-refractivity contribution in [3.63, 3.8) is 0 Å². The first-order chi connectivity index (χ1) is 11.8. The van der Waals surface area contributed by atoms with Gasteiger partial charge in [0.05, 0.1) is 5.69 Å². The van der Waals surface area contributed by atoms with E-state index in [1.165, 1.54) is 22.5 Å². The molecule has 1 N–H and O–H groups in total. The van der Waals surface area contributed by atoms with Crippen LogP contribution in [-0.2, 0) is 0 Å². The molecule has 0 radical (unpaired) electrons. The molecule has 0 fully saturated rings. The molecule has 3 aromatic rings. The van der Waals surface area contributed by atoms with Crippen LogP contribution in [0, 0.1) is 20.8 Å². The lowest BCUT2D eigenvalue weighted by Crippen LogP contribution is -2.13. The summed E-state index contributed by atoms with van der Waals surface area (Å²) in [6.45, 7) is 10.2. The molecule has 1 amide bonds. The SMILES string of the molecule is Cc1ccc(-c2csc(NC(=O)c3cc(C)n(C(C)C)n3)n2)c(C)c1. The Bertz CT molecular complexity index is 923. The van der Waals surface area contributed by atoms with Crippen LogP contribution in [0.25, 0.3) is 11.3 Å². The minimum Gasteiger partial charge on any atom is -0.296 e. The van der Waals surface area contributed by atoms with Crippen molar-refractivity contribution in [2.75, 3.05) is 5.32 Å². The summed E-state index contributed by atoms with van der Waals surface area (Å²) < 4.78 is 1.85. The number of hydrogen-bond acceptors (Lipinski definition) is 4. The molecule has 130 valence electrons. The van der Waals surface area contributed by atoms with Crippen molar-refractivity contribution in [2.24, 2.45) is 0 Å². The Morgan fingerprint density at radius 2 is 1.96 bits per heavy atom. The Morgan fingerprint density at radius 3 is 2.60 bits per heavy atom. The van der Waals surface area contributed by atoms with Crippen LogP contribution in [-0.4, -0.2) is 20.7 Å². The monoisotopic (exact) mass is 354 g/mol. The average molecular weight is 354 g/mol. The minimum absolute atomic E-state index is 0.220. The van der Waals surface area contributed by atoms with Crippen LogP contribution in [0.4, 0.5) is 5.13 Å². The molecule has 2 aromatic heterocycles. The lowest BCUT2D eigenvalue weighted by atomic mass is 10.0. The van der Waals surface area contributed by atoms with Crippen LogP contribution in [0.15, 0.2) is 29.6 Å². The summed E-state index contributed by atoms with van der Waals surface area (Å²) >= 11 is 1.42. The van der Waals surface area contributed by atoms with Crippen molar-refractivity contribution in [2.45, 2.75) is 40.7 Å². The van der Waals surface area contributed by atoms with Crippen molar-refractivity contribution < 1.29 is 4.79 Å². The zero-order valence-corrected chi connectivity index (χ0v) is 15.9. The predicted molar refractivity (Wildman–Crippen MR) is 102 cm³/mol. The molecule has 5 nitrogen and oxygen atoms in total. The van der Waals surface area contributed by atoms with E-state index in [4.69, 9.17) is 0 Å². The number of nitrogens with zero attached hydrogens (tertiary/aromatic N) is 3. The molecular weight excluding hydrogens is 332 g/mol. The van der Waals surface area contributed by atoms with E-state index < -0.39 is 0 Å². The first-order valence-corrected chi connectivity index (χ1v) is 9.13. The zero-order valence-electron chi connectivity index (χ0n) is 15.1. The smallest absolute Gasteiger partial charge is 0.277 e. The molecule has 0 unspecified atom stereocenters. The maximum atomic E-state index is 12.4. The van der Waals surface area contributed by atoms with E-state index in [1.54, 1.807) is 6.07 Å². The van der Waals surface area contributed by atoms with E-state index in [9.17, 15) is 4.79 Å². The molecule has 6 heteroatoms. The highest BCUT2D eigenvalue weighted by Crippen LogP contribution is 2.28. The zero-order chi connectivity index (χ0) is 18.1. The number of anilines is 1. The van der Waals surface area contributed by atoms with Gasteiger partial charge in [-0.05, 0) is 46.2 Å². The van der Waals surface area contributed by atoms with Gasteiger partial charge in [-0.25, -0.2) is 4.98 Å². The van der Waals surface area contributed by atoms with Gasteiger partial charge < -0.3 is 0 Å². The maximum Gasteiger partial charge on any atom is 0.277 e. The lowest BCUT2D eigenvalue weighted by molar-refractivity contribution is 0.102. The van der Waals surface area contributed by atoms with Crippen molar-refractivity contribution in [1.82, 2.24) is 14.8 Å². The third-order valence-corrected chi connectivity index (χ3v) is 4.78. The first-order valence-electron chi connectivity index (χ1n) is 8.26. The summed E-state index contributed by atoms with van der Waals surface area (Å²) in [6.07, 6.45) is 0. The molecule has 0 bridgehead atoms. The highest BCUT2D eigenvalue weighted by Gasteiger charge is 2.16. The molecule has 0 atom stereocenters. The van der Waals surface area contributed by atoms with Gasteiger partial charge in [-0.3, -0.25) is 14.8 Å². The molecule has 3 rings (SSSR count). The number of thiazole rings is 1. The molecule has 0 saturated heterocycles. The predicted octanol–water partition coefficient (Wildman–Crippen LogP) is 4.77. The first kappa shape index (κ1) is 17.4. The fourth-order valence-corrected chi connectivity index (χ4v) is 3.54. The van der Waals surface area contributed by atoms with Crippen molar-refractivity contribution in [3.8, 4) is 11.3 Å². The van der Waals surface area contributed by atoms with Crippen LogP contribution in [0.3, 0.4) is 0 Å². The summed E-state index contributed by atoms with van der Waals surface area (Å²) in [5.74, 6) is -0.232. The number of benzene rings is 1. The molecule has 0 aliphatic rings. The average Bonchev–Trinajstić information content (AvgIpc) is 3.14. The highest BCUT2D eigenvalue weighted by molar-refractivity contribution is 7.14. The van der Waals surface area contributed by atoms with E-state index >= 15 is 0 Å². The van der Waals surface area contributed by atoms with E-state index in [0.29, 0.717) is 10.8 Å². The third-order valence-electron chi connectivity index (χ3n) is 4.03. The number of rotatable bonds is 4. The van der Waals surface area contributed by atoms with Gasteiger partial charge in [0, 0.05) is 22.7 Å². The van der Waals surface area contributed by atoms with Gasteiger partial charge >= 0.3 is 0 Å². The van der Waals surface area contributed by atoms with Crippen LogP contribution < -0.4 is 5.32 Å². The molecule has 0 spiro atoms. The third kappa shape index (κ3) is 3.64. The summed E-state index contributed by atoms with van der Waals surface area (Å²) in [5.41, 5.74) is 5.74. The summed E-state index contributed by atoms with van der Waals surface area (Å²) in [6, 6.07) is 8.29. The van der Waals surface area contributed by atoms with Gasteiger partial charge in [0.1, 0.15) is 0 Å². The number of aryl methyl sites for hydroxylation is 3. The van der Waals surface area contributed by atoms with E-state index in [1.807, 2.05) is 30.8 Å². The van der Waals surface area contributed by atoms with Crippen molar-refractivity contribution >= 4 is 22.4 Å². The molecule has 25 heavy (non-hydrogen) atoms. The molecule has 2 heterocycles. The van der Waals surface area contributed by atoms with Crippen LogP contribution in [0.1, 0.15) is 47.2 Å². The van der Waals surface area contributed by atoms with Crippen LogP contribution in [0.2, 0.25) is 0 Å². The second-order valence-corrected chi connectivity index (χ2v) is 7.38. The number of amides is 1. The molecular formula is C19H22N4OS. The molecule has 0 aliphatic heterocycles. The van der Waals surface area contributed by atoms with E-state index in [0.717, 1.165) is 17.0 Å². The highest BCUT2D eigenvalue weighted by atomic mass is 32.1. The van der Waals surface area contributed by atoms with Crippen molar-refractivity contribution in [3.05, 3.63) is 52.2 Å². The molecule has 0 saturated carbocycles. The van der Waals surface area contributed by atoms with Crippen LogP contribution in [0.5, 0.6) is 0 Å². The second kappa shape index (κ2) is 6.80. The van der Waals surface area contributed by atoms with Gasteiger partial charge in [-0.1, -0.05) is 23.8 Å². The number of hydrogen-bond donors (Lipinski definition) is 1. The van der Waals surface area contributed by atoms with Gasteiger partial charge in [0.2, 0.25) is 0 Å². The van der Waals surface area contributed by atoms with Crippen molar-refractivity contribution in [1.29, 1.82) is 0 Å². The lowest BCUT2D eigenvalue weighted by Gasteiger charge is -2.06. The van der Waals surface area contributed by atoms with Gasteiger partial charge in [0.15, 0.2) is 10.8 Å². The Kier molecular flexibility index (Phi) is 4.72. The van der Waals surface area contributed by atoms with E-state index in [2.05, 4.69) is 47.4 Å². The number of carbonyl (C=O) groups excluding carboxylic acids is 1. The summed E-state index contributed by atoms with van der Waals surface area (Å²) in [5, 5.41) is 9.77. The van der Waals surface area contributed by atoms with Gasteiger partial charge in [-0.2, -0.15) is 5.10 Å². The number of carbonyl (C=O) groups is 1. The molecule has 0 aliphatic carbocycles. The quantitative estimate of drug-likeness (QED) is 0.734. The summed E-state index contributed by atoms with van der Waals surface area (Å²) in [7, 11) is 0. The Morgan fingerprint density at radius 1 is 1.20 bits per heavy atom. The fraction of sp³-hybridized carbons (Fsp3) is 0.316. The van der Waals surface area contributed by atoms with Gasteiger partial charge in [0.25, 0.3) is 5.91 Å². The fourth-order valence-electron chi connectivity index (χ4n) is 2.84.